The van der Waals surface area contributed by atoms with Crippen LogP contribution >= 0.6 is 0 Å². The normalized spacial score (nSPS) is 17.5. The van der Waals surface area contributed by atoms with Crippen molar-refractivity contribution in [2.24, 2.45) is 0 Å². The van der Waals surface area contributed by atoms with E-state index >= 15 is 0 Å². The topological polar surface area (TPSA) is 150 Å². The van der Waals surface area contributed by atoms with Gasteiger partial charge in [-0.3, -0.25) is 9.36 Å². The lowest BCUT2D eigenvalue weighted by molar-refractivity contribution is -0.139. The third-order valence-corrected chi connectivity index (χ3v) is 8.27. The second-order valence-corrected chi connectivity index (χ2v) is 11.4. The highest BCUT2D eigenvalue weighted by Crippen LogP contribution is 2.31. The quantitative estimate of drug-likeness (QED) is 0.454. The summed E-state index contributed by atoms with van der Waals surface area (Å²) in [7, 11) is -1.42. The molecule has 2 aromatic heterocycles. The molecule has 1 saturated heterocycles. The van der Waals surface area contributed by atoms with E-state index in [0.717, 1.165) is 52.6 Å². The molecule has 13 heteroatoms. The maximum absolute atomic E-state index is 12.7. The van der Waals surface area contributed by atoms with Gasteiger partial charge in [-0.25, -0.2) is 9.78 Å². The molecule has 0 amide bonds. The molecule has 3 N–H and O–H groups in total. The van der Waals surface area contributed by atoms with Crippen LogP contribution in [0.1, 0.15) is 42.0 Å². The SMILES string of the molecule is Cc1cn(C[C@H](NS(=O)(=O)N(C)C)C(=O)O)c(=O)nc1N1CCC(c2ccc3c(n2)NCCC3)CC1. The number of aryl methyl sites for hydroxylation is 2. The maximum atomic E-state index is 12.7. The molecule has 0 bridgehead atoms. The summed E-state index contributed by atoms with van der Waals surface area (Å²) in [6, 6.07) is 2.78. The molecule has 0 saturated carbocycles. The fraction of sp³-hybridized carbons (Fsp3) is 0.565. The number of rotatable bonds is 8. The van der Waals surface area contributed by atoms with Crippen molar-refractivity contribution >= 4 is 27.8 Å². The fourth-order valence-corrected chi connectivity index (χ4v) is 5.39. The van der Waals surface area contributed by atoms with Crippen LogP contribution in [-0.4, -0.2) is 78.1 Å². The van der Waals surface area contributed by atoms with Crippen molar-refractivity contribution < 1.29 is 18.3 Å². The standard InChI is InChI=1S/C23H33N7O5S/c1-15-13-30(14-19(22(31)32)27-36(34,35)28(2)3)23(33)26-21(15)29-11-8-16(9-12-29)18-7-6-17-5-4-10-24-20(17)25-18/h6-7,13,16,19,27H,4-5,8-12,14H2,1-3H3,(H,24,25)(H,31,32)/t19-/m0/s1. The molecule has 4 heterocycles. The minimum Gasteiger partial charge on any atom is -0.480 e. The number of carboxylic acid groups (broad SMARTS) is 1. The van der Waals surface area contributed by atoms with Crippen LogP contribution in [0.3, 0.4) is 0 Å². The summed E-state index contributed by atoms with van der Waals surface area (Å²) in [5.74, 6) is 0.504. The number of pyridine rings is 1. The van der Waals surface area contributed by atoms with E-state index in [-0.39, 0.29) is 6.54 Å². The van der Waals surface area contributed by atoms with Crippen LogP contribution in [0.4, 0.5) is 11.6 Å². The second-order valence-electron chi connectivity index (χ2n) is 9.51. The third kappa shape index (κ3) is 5.68. The minimum atomic E-state index is -3.99. The van der Waals surface area contributed by atoms with E-state index < -0.39 is 27.9 Å². The molecule has 2 aliphatic heterocycles. The van der Waals surface area contributed by atoms with Crippen LogP contribution in [-0.2, 0) is 28.0 Å². The van der Waals surface area contributed by atoms with E-state index in [1.807, 2.05) is 0 Å². The van der Waals surface area contributed by atoms with Crippen molar-refractivity contribution in [3.8, 4) is 0 Å². The largest absolute Gasteiger partial charge is 0.480 e. The first-order valence-corrected chi connectivity index (χ1v) is 13.5. The molecule has 0 radical (unpaired) electrons. The van der Waals surface area contributed by atoms with Crippen LogP contribution in [0.25, 0.3) is 0 Å². The number of aromatic nitrogens is 3. The first-order valence-electron chi connectivity index (χ1n) is 12.0. The zero-order valence-electron chi connectivity index (χ0n) is 20.8. The molecule has 0 spiro atoms. The van der Waals surface area contributed by atoms with E-state index in [1.54, 1.807) is 6.92 Å². The molecule has 1 fully saturated rings. The monoisotopic (exact) mass is 519 g/mol. The van der Waals surface area contributed by atoms with Crippen molar-refractivity contribution in [2.45, 2.75) is 51.1 Å². The summed E-state index contributed by atoms with van der Waals surface area (Å²) in [5.41, 5.74) is 2.43. The van der Waals surface area contributed by atoms with E-state index in [9.17, 15) is 23.1 Å². The van der Waals surface area contributed by atoms with Gasteiger partial charge < -0.3 is 15.3 Å². The Hall–Kier alpha value is -3.03. The molecule has 2 aliphatic rings. The number of hydrogen-bond acceptors (Lipinski definition) is 8. The fourth-order valence-electron chi connectivity index (χ4n) is 4.65. The Balaban J connectivity index is 1.45. The molecular weight excluding hydrogens is 486 g/mol. The summed E-state index contributed by atoms with van der Waals surface area (Å²) in [4.78, 5) is 35.5. The highest BCUT2D eigenvalue weighted by Gasteiger charge is 2.28. The third-order valence-electron chi connectivity index (χ3n) is 6.73. The smallest absolute Gasteiger partial charge is 0.349 e. The number of carboxylic acids is 1. The second kappa shape index (κ2) is 10.5. The molecule has 0 aliphatic carbocycles. The Morgan fingerprint density at radius 3 is 2.67 bits per heavy atom. The Kier molecular flexibility index (Phi) is 7.62. The minimum absolute atomic E-state index is 0.331. The zero-order chi connectivity index (χ0) is 26.0. The van der Waals surface area contributed by atoms with E-state index in [1.165, 1.54) is 25.9 Å². The van der Waals surface area contributed by atoms with E-state index in [2.05, 4.69) is 32.1 Å². The highest BCUT2D eigenvalue weighted by atomic mass is 32.2. The Bertz CT molecular complexity index is 1290. The molecule has 4 rings (SSSR count). The summed E-state index contributed by atoms with van der Waals surface area (Å²) < 4.78 is 28.3. The molecular formula is C23H33N7O5S. The number of anilines is 2. The molecule has 2 aromatic rings. The van der Waals surface area contributed by atoms with Crippen LogP contribution in [0.15, 0.2) is 23.1 Å². The van der Waals surface area contributed by atoms with Gasteiger partial charge >= 0.3 is 11.7 Å². The van der Waals surface area contributed by atoms with Crippen LogP contribution in [0, 0.1) is 6.92 Å². The van der Waals surface area contributed by atoms with E-state index in [4.69, 9.17) is 4.98 Å². The van der Waals surface area contributed by atoms with Crippen molar-refractivity contribution in [1.29, 1.82) is 0 Å². The van der Waals surface area contributed by atoms with Crippen LogP contribution in [0.5, 0.6) is 0 Å². The van der Waals surface area contributed by atoms with Gasteiger partial charge in [0.05, 0.1) is 6.54 Å². The van der Waals surface area contributed by atoms with Crippen molar-refractivity contribution in [3.63, 3.8) is 0 Å². The van der Waals surface area contributed by atoms with Gasteiger partial charge in [0.15, 0.2) is 0 Å². The molecule has 0 unspecified atom stereocenters. The molecule has 196 valence electrons. The molecule has 0 aromatic carbocycles. The number of piperidine rings is 1. The van der Waals surface area contributed by atoms with Gasteiger partial charge in [-0.15, -0.1) is 0 Å². The van der Waals surface area contributed by atoms with Gasteiger partial charge in [0, 0.05) is 57.1 Å². The van der Waals surface area contributed by atoms with Gasteiger partial charge in [-0.2, -0.15) is 22.4 Å². The zero-order valence-corrected chi connectivity index (χ0v) is 21.6. The lowest BCUT2D eigenvalue weighted by Gasteiger charge is -2.33. The van der Waals surface area contributed by atoms with Crippen molar-refractivity contribution in [1.82, 2.24) is 23.6 Å². The predicted octanol–water partition coefficient (Wildman–Crippen LogP) is 0.538. The van der Waals surface area contributed by atoms with E-state index in [0.29, 0.717) is 30.4 Å². The summed E-state index contributed by atoms with van der Waals surface area (Å²) >= 11 is 0. The molecule has 12 nitrogen and oxygen atoms in total. The number of carbonyl (C=O) groups is 1. The maximum Gasteiger partial charge on any atom is 0.349 e. The summed E-state index contributed by atoms with van der Waals surface area (Å²) in [6.07, 6.45) is 5.47. The van der Waals surface area contributed by atoms with Crippen LogP contribution < -0.4 is 20.6 Å². The van der Waals surface area contributed by atoms with Crippen molar-refractivity contribution in [2.75, 3.05) is 43.9 Å². The molecule has 1 atom stereocenters. The van der Waals surface area contributed by atoms with Gasteiger partial charge in [0.25, 0.3) is 10.2 Å². The van der Waals surface area contributed by atoms with Gasteiger partial charge in [-0.1, -0.05) is 6.07 Å². The number of aliphatic carboxylic acids is 1. The first kappa shape index (κ1) is 26.0. The number of nitrogens with one attached hydrogen (secondary N) is 2. The number of fused-ring (bicyclic) bond motifs is 1. The average molecular weight is 520 g/mol. The Labute approximate surface area is 210 Å². The van der Waals surface area contributed by atoms with Gasteiger partial charge in [0.2, 0.25) is 0 Å². The average Bonchev–Trinajstić information content (AvgIpc) is 2.85. The lowest BCUT2D eigenvalue weighted by atomic mass is 9.92. The lowest BCUT2D eigenvalue weighted by Crippen LogP contribution is -2.49. The van der Waals surface area contributed by atoms with Gasteiger partial charge in [-0.05, 0) is 44.2 Å². The summed E-state index contributed by atoms with van der Waals surface area (Å²) in [5, 5.41) is 12.9. The first-order chi connectivity index (χ1) is 17.0. The van der Waals surface area contributed by atoms with Crippen LogP contribution in [0.2, 0.25) is 0 Å². The Morgan fingerprint density at radius 1 is 1.28 bits per heavy atom. The number of nitrogens with zero attached hydrogens (tertiary/aromatic N) is 5. The van der Waals surface area contributed by atoms with Gasteiger partial charge in [0.1, 0.15) is 17.7 Å². The van der Waals surface area contributed by atoms with Crippen molar-refractivity contribution in [3.05, 3.63) is 45.6 Å². The summed E-state index contributed by atoms with van der Waals surface area (Å²) in [6.45, 7) is 3.81. The molecule has 36 heavy (non-hydrogen) atoms. The Morgan fingerprint density at radius 2 is 2.00 bits per heavy atom. The predicted molar refractivity (Wildman–Crippen MR) is 136 cm³/mol. The highest BCUT2D eigenvalue weighted by molar-refractivity contribution is 7.87. The number of hydrogen-bond donors (Lipinski definition) is 3.